The Bertz CT molecular complexity index is 456. The fraction of sp³-hybridized carbons (Fsp3) is 0.562. The van der Waals surface area contributed by atoms with E-state index >= 15 is 0 Å². The van der Waals surface area contributed by atoms with Crippen molar-refractivity contribution in [1.29, 1.82) is 0 Å². The predicted octanol–water partition coefficient (Wildman–Crippen LogP) is 4.17. The zero-order valence-corrected chi connectivity index (χ0v) is 12.9. The van der Waals surface area contributed by atoms with Crippen molar-refractivity contribution < 1.29 is 0 Å². The van der Waals surface area contributed by atoms with Crippen LogP contribution in [0.1, 0.15) is 43.7 Å². The van der Waals surface area contributed by atoms with Crippen LogP contribution in [-0.4, -0.2) is 11.2 Å². The van der Waals surface area contributed by atoms with Crippen LogP contribution in [0.15, 0.2) is 18.2 Å². The number of thiocarbonyl (C=S) groups is 1. The quantitative estimate of drug-likeness (QED) is 0.793. The number of hydrogen-bond donors (Lipinski definition) is 2. The molecule has 0 bridgehead atoms. The molecule has 2 atom stereocenters. The van der Waals surface area contributed by atoms with E-state index in [1.807, 2.05) is 0 Å². The molecule has 0 amide bonds. The van der Waals surface area contributed by atoms with Crippen molar-refractivity contribution in [2.45, 2.75) is 52.5 Å². The van der Waals surface area contributed by atoms with E-state index in [-0.39, 0.29) is 0 Å². The van der Waals surface area contributed by atoms with Gasteiger partial charge >= 0.3 is 0 Å². The number of rotatable bonds is 2. The molecule has 1 saturated carbocycles. The SMILES string of the molecule is Cc1cccc(NC(=S)NC2CCCCC2C)c1C. The first-order valence-corrected chi connectivity index (χ1v) is 7.62. The highest BCUT2D eigenvalue weighted by Crippen LogP contribution is 2.24. The second-order valence-corrected chi connectivity index (χ2v) is 6.12. The molecule has 2 rings (SSSR count). The number of aryl methyl sites for hydroxylation is 1. The lowest BCUT2D eigenvalue weighted by Gasteiger charge is -2.30. The maximum Gasteiger partial charge on any atom is 0.171 e. The average molecular weight is 276 g/mol. The van der Waals surface area contributed by atoms with Crippen LogP contribution in [-0.2, 0) is 0 Å². The summed E-state index contributed by atoms with van der Waals surface area (Å²) in [6.45, 7) is 6.57. The fourth-order valence-corrected chi connectivity index (χ4v) is 3.01. The molecule has 0 saturated heterocycles. The third-order valence-corrected chi connectivity index (χ3v) is 4.50. The minimum atomic E-state index is 0.527. The zero-order valence-electron chi connectivity index (χ0n) is 12.1. The molecule has 0 aromatic heterocycles. The molecular weight excluding hydrogens is 252 g/mol. The molecule has 1 fully saturated rings. The van der Waals surface area contributed by atoms with Gasteiger partial charge in [0, 0.05) is 11.7 Å². The van der Waals surface area contributed by atoms with Crippen LogP contribution in [0, 0.1) is 19.8 Å². The molecule has 3 heteroatoms. The number of hydrogen-bond acceptors (Lipinski definition) is 1. The van der Waals surface area contributed by atoms with E-state index < -0.39 is 0 Å². The Kier molecular flexibility index (Phi) is 4.81. The van der Waals surface area contributed by atoms with Gasteiger partial charge in [0.2, 0.25) is 0 Å². The molecule has 0 aliphatic heterocycles. The molecule has 0 heterocycles. The molecule has 1 aromatic carbocycles. The van der Waals surface area contributed by atoms with Crippen molar-refractivity contribution in [3.63, 3.8) is 0 Å². The van der Waals surface area contributed by atoms with E-state index in [0.717, 1.165) is 10.8 Å². The Balaban J connectivity index is 1.95. The Labute approximate surface area is 122 Å². The normalized spacial score (nSPS) is 22.9. The van der Waals surface area contributed by atoms with Crippen molar-refractivity contribution in [3.05, 3.63) is 29.3 Å². The number of nitrogens with one attached hydrogen (secondary N) is 2. The smallest absolute Gasteiger partial charge is 0.171 e. The summed E-state index contributed by atoms with van der Waals surface area (Å²) in [7, 11) is 0. The van der Waals surface area contributed by atoms with Crippen LogP contribution in [0.4, 0.5) is 5.69 Å². The van der Waals surface area contributed by atoms with Crippen LogP contribution in [0.3, 0.4) is 0 Å². The molecule has 0 radical (unpaired) electrons. The summed E-state index contributed by atoms with van der Waals surface area (Å²) in [5.41, 5.74) is 3.67. The monoisotopic (exact) mass is 276 g/mol. The van der Waals surface area contributed by atoms with Crippen molar-refractivity contribution in [3.8, 4) is 0 Å². The Morgan fingerprint density at radius 2 is 1.95 bits per heavy atom. The van der Waals surface area contributed by atoms with Crippen LogP contribution < -0.4 is 10.6 Å². The Morgan fingerprint density at radius 1 is 1.21 bits per heavy atom. The molecule has 2 N–H and O–H groups in total. The van der Waals surface area contributed by atoms with Gasteiger partial charge in [-0.1, -0.05) is 31.9 Å². The van der Waals surface area contributed by atoms with Gasteiger partial charge in [-0.15, -0.1) is 0 Å². The van der Waals surface area contributed by atoms with Crippen molar-refractivity contribution in [2.75, 3.05) is 5.32 Å². The zero-order chi connectivity index (χ0) is 13.8. The lowest BCUT2D eigenvalue weighted by Crippen LogP contribution is -2.43. The highest BCUT2D eigenvalue weighted by Gasteiger charge is 2.21. The first-order chi connectivity index (χ1) is 9.08. The van der Waals surface area contributed by atoms with Crippen molar-refractivity contribution in [1.82, 2.24) is 5.32 Å². The van der Waals surface area contributed by atoms with Gasteiger partial charge in [-0.05, 0) is 62.0 Å². The minimum Gasteiger partial charge on any atom is -0.359 e. The van der Waals surface area contributed by atoms with Crippen LogP contribution in [0.2, 0.25) is 0 Å². The van der Waals surface area contributed by atoms with E-state index in [4.69, 9.17) is 12.2 Å². The first-order valence-electron chi connectivity index (χ1n) is 7.21. The Morgan fingerprint density at radius 3 is 2.68 bits per heavy atom. The second kappa shape index (κ2) is 6.38. The van der Waals surface area contributed by atoms with E-state index in [1.165, 1.54) is 36.8 Å². The van der Waals surface area contributed by atoms with Gasteiger partial charge in [-0.3, -0.25) is 0 Å². The topological polar surface area (TPSA) is 24.1 Å². The van der Waals surface area contributed by atoms with Crippen LogP contribution >= 0.6 is 12.2 Å². The summed E-state index contributed by atoms with van der Waals surface area (Å²) in [6, 6.07) is 6.80. The molecule has 1 aromatic rings. The number of anilines is 1. The molecule has 104 valence electrons. The van der Waals surface area contributed by atoms with E-state index in [1.54, 1.807) is 0 Å². The third kappa shape index (κ3) is 3.69. The van der Waals surface area contributed by atoms with Gasteiger partial charge < -0.3 is 10.6 Å². The molecular formula is C16H24N2S. The molecule has 1 aliphatic rings. The maximum atomic E-state index is 5.45. The van der Waals surface area contributed by atoms with E-state index in [9.17, 15) is 0 Å². The first kappa shape index (κ1) is 14.3. The highest BCUT2D eigenvalue weighted by atomic mass is 32.1. The average Bonchev–Trinajstić information content (AvgIpc) is 2.38. The van der Waals surface area contributed by atoms with Crippen molar-refractivity contribution >= 4 is 23.0 Å². The highest BCUT2D eigenvalue weighted by molar-refractivity contribution is 7.80. The minimum absolute atomic E-state index is 0.527. The largest absolute Gasteiger partial charge is 0.359 e. The summed E-state index contributed by atoms with van der Waals surface area (Å²) in [6.07, 6.45) is 5.21. The molecule has 19 heavy (non-hydrogen) atoms. The molecule has 1 aliphatic carbocycles. The standard InChI is InChI=1S/C16H24N2S/c1-11-8-6-10-15(13(11)3)18-16(19)17-14-9-5-4-7-12(14)2/h6,8,10,12,14H,4-5,7,9H2,1-3H3,(H2,17,18,19). The lowest BCUT2D eigenvalue weighted by atomic mass is 9.86. The summed E-state index contributed by atoms with van der Waals surface area (Å²) in [5.74, 6) is 0.715. The predicted molar refractivity (Wildman–Crippen MR) is 86.7 cm³/mol. The Hall–Kier alpha value is -1.09. The summed E-state index contributed by atoms with van der Waals surface area (Å²) in [5, 5.41) is 7.58. The summed E-state index contributed by atoms with van der Waals surface area (Å²) >= 11 is 5.45. The summed E-state index contributed by atoms with van der Waals surface area (Å²) < 4.78 is 0. The van der Waals surface area contributed by atoms with Gasteiger partial charge in [0.05, 0.1) is 0 Å². The van der Waals surface area contributed by atoms with Crippen LogP contribution in [0.5, 0.6) is 0 Å². The molecule has 2 nitrogen and oxygen atoms in total. The molecule has 0 spiro atoms. The van der Waals surface area contributed by atoms with Gasteiger partial charge in [-0.2, -0.15) is 0 Å². The van der Waals surface area contributed by atoms with Crippen molar-refractivity contribution in [2.24, 2.45) is 5.92 Å². The van der Waals surface area contributed by atoms with E-state index in [0.29, 0.717) is 12.0 Å². The second-order valence-electron chi connectivity index (χ2n) is 5.71. The fourth-order valence-electron chi connectivity index (χ4n) is 2.74. The lowest BCUT2D eigenvalue weighted by molar-refractivity contribution is 0.309. The maximum absolute atomic E-state index is 5.45. The van der Waals surface area contributed by atoms with E-state index in [2.05, 4.69) is 49.6 Å². The third-order valence-electron chi connectivity index (χ3n) is 4.28. The van der Waals surface area contributed by atoms with Crippen LogP contribution in [0.25, 0.3) is 0 Å². The molecule has 2 unspecified atom stereocenters. The van der Waals surface area contributed by atoms with Gasteiger partial charge in [0.1, 0.15) is 0 Å². The van der Waals surface area contributed by atoms with Gasteiger partial charge in [0.25, 0.3) is 0 Å². The van der Waals surface area contributed by atoms with Gasteiger partial charge in [-0.25, -0.2) is 0 Å². The number of benzene rings is 1. The summed E-state index contributed by atoms with van der Waals surface area (Å²) in [4.78, 5) is 0. The van der Waals surface area contributed by atoms with Gasteiger partial charge in [0.15, 0.2) is 5.11 Å².